The van der Waals surface area contributed by atoms with Gasteiger partial charge in [-0.1, -0.05) is 23.2 Å². The predicted molar refractivity (Wildman–Crippen MR) is 67.0 cm³/mol. The Morgan fingerprint density at radius 3 is 2.22 bits per heavy atom. The third-order valence-electron chi connectivity index (χ3n) is 2.33. The lowest BCUT2D eigenvalue weighted by molar-refractivity contribution is -0.213. The average molecular weight is 294 g/mol. The van der Waals surface area contributed by atoms with Crippen LogP contribution >= 0.6 is 23.2 Å². The van der Waals surface area contributed by atoms with Gasteiger partial charge in [-0.3, -0.25) is 0 Å². The van der Waals surface area contributed by atoms with Crippen molar-refractivity contribution in [3.05, 3.63) is 28.0 Å². The summed E-state index contributed by atoms with van der Waals surface area (Å²) in [5, 5.41) is 0.242. The third kappa shape index (κ3) is 4.10. The number of ether oxygens (including phenoxy) is 3. The minimum atomic E-state index is -0.990. The molecule has 0 aromatic carbocycles. The molecule has 7 heteroatoms. The summed E-state index contributed by atoms with van der Waals surface area (Å²) < 4.78 is 15.2. The van der Waals surface area contributed by atoms with Gasteiger partial charge in [0.2, 0.25) is 0 Å². The van der Waals surface area contributed by atoms with Crippen molar-refractivity contribution in [2.75, 3.05) is 20.8 Å². The van der Waals surface area contributed by atoms with Crippen LogP contribution in [-0.4, -0.2) is 37.6 Å². The topological polar surface area (TPSA) is 57.7 Å². The van der Waals surface area contributed by atoms with Gasteiger partial charge >= 0.3 is 5.97 Å². The van der Waals surface area contributed by atoms with E-state index in [4.69, 9.17) is 37.4 Å². The van der Waals surface area contributed by atoms with Crippen molar-refractivity contribution in [3.8, 4) is 0 Å². The Morgan fingerprint density at radius 1 is 1.28 bits per heavy atom. The largest absolute Gasteiger partial charge is 0.456 e. The van der Waals surface area contributed by atoms with Gasteiger partial charge in [0.1, 0.15) is 16.9 Å². The molecular formula is C11H13Cl2NO4. The summed E-state index contributed by atoms with van der Waals surface area (Å²) in [4.78, 5) is 15.5. The number of nitrogens with zero attached hydrogens (tertiary/aromatic N) is 1. The van der Waals surface area contributed by atoms with E-state index in [9.17, 15) is 4.79 Å². The molecule has 0 amide bonds. The second kappa shape index (κ2) is 6.33. The van der Waals surface area contributed by atoms with E-state index in [2.05, 4.69) is 4.98 Å². The molecule has 1 aromatic heterocycles. The van der Waals surface area contributed by atoms with Gasteiger partial charge in [0.05, 0.1) is 5.56 Å². The molecule has 0 unspecified atom stereocenters. The van der Waals surface area contributed by atoms with Crippen LogP contribution in [0, 0.1) is 0 Å². The quantitative estimate of drug-likeness (QED) is 0.474. The molecule has 0 N–H and O–H groups in total. The molecule has 0 saturated heterocycles. The number of aromatic nitrogens is 1. The molecule has 0 aliphatic heterocycles. The lowest BCUT2D eigenvalue weighted by atomic mass is 10.3. The van der Waals surface area contributed by atoms with Gasteiger partial charge in [-0.25, -0.2) is 9.78 Å². The number of esters is 1. The second-order valence-electron chi connectivity index (χ2n) is 3.62. The summed E-state index contributed by atoms with van der Waals surface area (Å²) >= 11 is 11.4. The van der Waals surface area contributed by atoms with E-state index in [0.717, 1.165) is 0 Å². The van der Waals surface area contributed by atoms with E-state index in [0.29, 0.717) is 0 Å². The molecule has 0 fully saturated rings. The predicted octanol–water partition coefficient (Wildman–Crippen LogP) is 2.55. The normalized spacial score (nSPS) is 11.4. The van der Waals surface area contributed by atoms with Crippen molar-refractivity contribution in [3.63, 3.8) is 0 Å². The number of hydrogen-bond acceptors (Lipinski definition) is 5. The van der Waals surface area contributed by atoms with E-state index in [1.54, 1.807) is 6.92 Å². The molecular weight excluding hydrogens is 281 g/mol. The number of halogens is 2. The summed E-state index contributed by atoms with van der Waals surface area (Å²) in [6.45, 7) is 1.59. The highest BCUT2D eigenvalue weighted by Crippen LogP contribution is 2.17. The summed E-state index contributed by atoms with van der Waals surface area (Å²) in [5.41, 5.74) is 0.217. The van der Waals surface area contributed by atoms with Gasteiger partial charge in [0, 0.05) is 14.2 Å². The highest BCUT2D eigenvalue weighted by Gasteiger charge is 2.25. The third-order valence-corrected chi connectivity index (χ3v) is 2.71. The zero-order valence-corrected chi connectivity index (χ0v) is 11.7. The maximum atomic E-state index is 11.7. The fourth-order valence-corrected chi connectivity index (χ4v) is 1.52. The molecule has 1 aromatic rings. The average Bonchev–Trinajstić information content (AvgIpc) is 2.34. The molecule has 0 spiro atoms. The van der Waals surface area contributed by atoms with Crippen molar-refractivity contribution in [2.45, 2.75) is 12.7 Å². The van der Waals surface area contributed by atoms with E-state index < -0.39 is 11.8 Å². The molecule has 0 bridgehead atoms. The maximum Gasteiger partial charge on any atom is 0.338 e. The first kappa shape index (κ1) is 15.2. The van der Waals surface area contributed by atoms with E-state index in [1.165, 1.54) is 26.4 Å². The summed E-state index contributed by atoms with van der Waals surface area (Å²) in [6, 6.07) is 2.74. The molecule has 0 saturated carbocycles. The minimum absolute atomic E-state index is 0.0591. The fraction of sp³-hybridized carbons (Fsp3) is 0.455. The molecule has 100 valence electrons. The Labute approximate surface area is 115 Å². The van der Waals surface area contributed by atoms with Gasteiger partial charge < -0.3 is 14.2 Å². The number of carbonyl (C=O) groups is 1. The van der Waals surface area contributed by atoms with Crippen molar-refractivity contribution in [1.29, 1.82) is 0 Å². The van der Waals surface area contributed by atoms with E-state index in [1.807, 2.05) is 0 Å². The standard InChI is InChI=1S/C11H13Cl2NO4/c1-11(16-2,17-3)6-18-10(15)7-4-8(12)14-9(13)5-7/h4-5H,6H2,1-3H3. The number of hydrogen-bond donors (Lipinski definition) is 0. The summed E-state index contributed by atoms with van der Waals surface area (Å²) in [6.07, 6.45) is 0. The maximum absolute atomic E-state index is 11.7. The monoisotopic (exact) mass is 293 g/mol. The Kier molecular flexibility index (Phi) is 5.34. The van der Waals surface area contributed by atoms with Crippen molar-refractivity contribution in [2.24, 2.45) is 0 Å². The van der Waals surface area contributed by atoms with Gasteiger partial charge in [0.25, 0.3) is 0 Å². The van der Waals surface area contributed by atoms with E-state index in [-0.39, 0.29) is 22.5 Å². The molecule has 1 heterocycles. The number of rotatable bonds is 5. The van der Waals surface area contributed by atoms with Crippen LogP contribution < -0.4 is 0 Å². The summed E-state index contributed by atoms with van der Waals surface area (Å²) in [7, 11) is 2.91. The smallest absolute Gasteiger partial charge is 0.338 e. The zero-order valence-electron chi connectivity index (χ0n) is 10.2. The second-order valence-corrected chi connectivity index (χ2v) is 4.39. The van der Waals surface area contributed by atoms with Crippen LogP contribution in [0.4, 0.5) is 0 Å². The lowest BCUT2D eigenvalue weighted by Crippen LogP contribution is -2.36. The summed E-state index contributed by atoms with van der Waals surface area (Å²) in [5.74, 6) is -1.57. The Hall–Kier alpha value is -0.880. The molecule has 18 heavy (non-hydrogen) atoms. The fourth-order valence-electron chi connectivity index (χ4n) is 1.06. The van der Waals surface area contributed by atoms with Crippen LogP contribution in [0.15, 0.2) is 12.1 Å². The van der Waals surface area contributed by atoms with Crippen LogP contribution in [0.2, 0.25) is 10.3 Å². The van der Waals surface area contributed by atoms with Crippen molar-refractivity contribution < 1.29 is 19.0 Å². The molecule has 1 rings (SSSR count). The first-order valence-corrected chi connectivity index (χ1v) is 5.76. The van der Waals surface area contributed by atoms with E-state index >= 15 is 0 Å². The molecule has 0 atom stereocenters. The minimum Gasteiger partial charge on any atom is -0.456 e. The number of pyridine rings is 1. The van der Waals surface area contributed by atoms with Gasteiger partial charge in [-0.15, -0.1) is 0 Å². The first-order valence-electron chi connectivity index (χ1n) is 5.01. The van der Waals surface area contributed by atoms with Gasteiger partial charge in [-0.2, -0.15) is 0 Å². The van der Waals surface area contributed by atoms with Gasteiger partial charge in [-0.05, 0) is 19.1 Å². The highest BCUT2D eigenvalue weighted by molar-refractivity contribution is 6.32. The highest BCUT2D eigenvalue weighted by atomic mass is 35.5. The van der Waals surface area contributed by atoms with Crippen molar-refractivity contribution in [1.82, 2.24) is 4.98 Å². The Morgan fingerprint density at radius 2 is 1.78 bits per heavy atom. The van der Waals surface area contributed by atoms with Crippen LogP contribution in [0.1, 0.15) is 17.3 Å². The molecule has 5 nitrogen and oxygen atoms in total. The molecule has 0 radical (unpaired) electrons. The van der Waals surface area contributed by atoms with Crippen LogP contribution in [0.25, 0.3) is 0 Å². The lowest BCUT2D eigenvalue weighted by Gasteiger charge is -2.25. The Bertz CT molecular complexity index is 415. The number of methoxy groups -OCH3 is 2. The van der Waals surface area contributed by atoms with Crippen LogP contribution in [0.5, 0.6) is 0 Å². The number of carbonyl (C=O) groups excluding carboxylic acids is 1. The first-order chi connectivity index (χ1) is 8.40. The SMILES string of the molecule is COC(C)(COC(=O)c1cc(Cl)nc(Cl)c1)OC. The molecule has 0 aliphatic carbocycles. The van der Waals surface area contributed by atoms with Gasteiger partial charge in [0.15, 0.2) is 5.79 Å². The van der Waals surface area contributed by atoms with Crippen molar-refractivity contribution >= 4 is 29.2 Å². The van der Waals surface area contributed by atoms with Crippen LogP contribution in [0.3, 0.4) is 0 Å². The molecule has 0 aliphatic rings. The zero-order chi connectivity index (χ0) is 13.8. The Balaban J connectivity index is 2.71. The van der Waals surface area contributed by atoms with Crippen LogP contribution in [-0.2, 0) is 14.2 Å².